The van der Waals surface area contributed by atoms with Gasteiger partial charge in [0.05, 0.1) is 12.1 Å². The molecular formula is C18H22F2N2. The third kappa shape index (κ3) is 3.70. The van der Waals surface area contributed by atoms with Crippen molar-refractivity contribution in [1.82, 2.24) is 9.80 Å². The van der Waals surface area contributed by atoms with Crippen molar-refractivity contribution in [3.05, 3.63) is 71.3 Å². The van der Waals surface area contributed by atoms with Gasteiger partial charge in [-0.1, -0.05) is 24.3 Å². The smallest absolute Gasteiger partial charge is 0.123 e. The van der Waals surface area contributed by atoms with Crippen LogP contribution in [0.15, 0.2) is 48.5 Å². The molecule has 0 bridgehead atoms. The lowest BCUT2D eigenvalue weighted by molar-refractivity contribution is 0.152. The summed E-state index contributed by atoms with van der Waals surface area (Å²) in [6.45, 7) is 0. The zero-order chi connectivity index (χ0) is 16.3. The molecule has 2 unspecified atom stereocenters. The minimum absolute atomic E-state index is 0.0288. The van der Waals surface area contributed by atoms with E-state index in [1.54, 1.807) is 24.3 Å². The monoisotopic (exact) mass is 304 g/mol. The maximum absolute atomic E-state index is 13.2. The van der Waals surface area contributed by atoms with Gasteiger partial charge in [-0.05, 0) is 63.6 Å². The molecule has 2 aromatic rings. The Morgan fingerprint density at radius 2 is 0.864 bits per heavy atom. The lowest BCUT2D eigenvalue weighted by Crippen LogP contribution is -2.34. The summed E-state index contributed by atoms with van der Waals surface area (Å²) in [5.74, 6) is -0.492. The first-order valence-electron chi connectivity index (χ1n) is 7.24. The van der Waals surface area contributed by atoms with Crippen molar-refractivity contribution in [2.75, 3.05) is 28.2 Å². The number of hydrogen-bond acceptors (Lipinski definition) is 2. The normalized spacial score (nSPS) is 14.4. The highest BCUT2D eigenvalue weighted by molar-refractivity contribution is 5.28. The van der Waals surface area contributed by atoms with E-state index in [4.69, 9.17) is 0 Å². The summed E-state index contributed by atoms with van der Waals surface area (Å²) in [6.07, 6.45) is 0. The van der Waals surface area contributed by atoms with Crippen molar-refractivity contribution >= 4 is 0 Å². The van der Waals surface area contributed by atoms with Crippen LogP contribution < -0.4 is 0 Å². The first kappa shape index (κ1) is 16.6. The minimum atomic E-state index is -0.246. The summed E-state index contributed by atoms with van der Waals surface area (Å²) in [7, 11) is 7.98. The van der Waals surface area contributed by atoms with Gasteiger partial charge in [-0.2, -0.15) is 0 Å². The van der Waals surface area contributed by atoms with E-state index in [1.165, 1.54) is 24.3 Å². The summed E-state index contributed by atoms with van der Waals surface area (Å²) < 4.78 is 26.4. The van der Waals surface area contributed by atoms with Gasteiger partial charge < -0.3 is 9.80 Å². The van der Waals surface area contributed by atoms with Crippen LogP contribution in [-0.4, -0.2) is 38.0 Å². The van der Waals surface area contributed by atoms with E-state index in [2.05, 4.69) is 9.80 Å². The van der Waals surface area contributed by atoms with E-state index in [0.717, 1.165) is 11.1 Å². The molecule has 118 valence electrons. The molecule has 0 radical (unpaired) electrons. The summed E-state index contributed by atoms with van der Waals surface area (Å²) in [4.78, 5) is 4.20. The molecule has 0 saturated carbocycles. The number of benzene rings is 2. The fourth-order valence-corrected chi connectivity index (χ4v) is 2.85. The van der Waals surface area contributed by atoms with Crippen molar-refractivity contribution < 1.29 is 8.78 Å². The molecule has 2 nitrogen and oxygen atoms in total. The second kappa shape index (κ2) is 6.99. The predicted octanol–water partition coefficient (Wildman–Crippen LogP) is 3.87. The fraction of sp³-hybridized carbons (Fsp3) is 0.333. The van der Waals surface area contributed by atoms with Gasteiger partial charge in [0, 0.05) is 0 Å². The van der Waals surface area contributed by atoms with Gasteiger partial charge in [-0.3, -0.25) is 0 Å². The van der Waals surface area contributed by atoms with Gasteiger partial charge in [0.15, 0.2) is 0 Å². The standard InChI is InChI=1S/C18H22F2N2/c1-21(2)17(13-5-9-15(19)10-6-13)18(22(3)4)14-7-11-16(20)12-8-14/h5-12,17-18H,1-4H3. The fourth-order valence-electron chi connectivity index (χ4n) is 2.85. The van der Waals surface area contributed by atoms with Gasteiger partial charge in [0.25, 0.3) is 0 Å². The first-order valence-corrected chi connectivity index (χ1v) is 7.24. The highest BCUT2D eigenvalue weighted by Crippen LogP contribution is 2.36. The van der Waals surface area contributed by atoms with Crippen LogP contribution in [0.1, 0.15) is 23.2 Å². The largest absolute Gasteiger partial charge is 0.301 e. The van der Waals surface area contributed by atoms with Crippen LogP contribution in [0, 0.1) is 11.6 Å². The highest BCUT2D eigenvalue weighted by atomic mass is 19.1. The molecule has 0 saturated heterocycles. The van der Waals surface area contributed by atoms with Crippen molar-refractivity contribution in [3.63, 3.8) is 0 Å². The molecule has 0 aromatic heterocycles. The second-order valence-corrected chi connectivity index (χ2v) is 5.92. The number of halogens is 2. The maximum Gasteiger partial charge on any atom is 0.123 e. The van der Waals surface area contributed by atoms with Crippen LogP contribution in [0.25, 0.3) is 0 Å². The van der Waals surface area contributed by atoms with Crippen LogP contribution in [-0.2, 0) is 0 Å². The van der Waals surface area contributed by atoms with Crippen molar-refractivity contribution in [2.45, 2.75) is 12.1 Å². The van der Waals surface area contributed by atoms with Crippen molar-refractivity contribution in [2.24, 2.45) is 0 Å². The van der Waals surface area contributed by atoms with E-state index in [9.17, 15) is 8.78 Å². The molecule has 4 heteroatoms. The van der Waals surface area contributed by atoms with Crippen LogP contribution >= 0.6 is 0 Å². The Bertz CT molecular complexity index is 536. The van der Waals surface area contributed by atoms with Gasteiger partial charge in [0.1, 0.15) is 11.6 Å². The predicted molar refractivity (Wildman–Crippen MR) is 85.7 cm³/mol. The van der Waals surface area contributed by atoms with Crippen LogP contribution in [0.3, 0.4) is 0 Å². The highest BCUT2D eigenvalue weighted by Gasteiger charge is 2.28. The Kier molecular flexibility index (Phi) is 5.27. The molecule has 0 fully saturated rings. The lowest BCUT2D eigenvalue weighted by atomic mass is 9.91. The number of hydrogen-bond donors (Lipinski definition) is 0. The van der Waals surface area contributed by atoms with Gasteiger partial charge in [-0.25, -0.2) is 8.78 Å². The molecule has 0 amide bonds. The average molecular weight is 304 g/mol. The maximum atomic E-state index is 13.2. The summed E-state index contributed by atoms with van der Waals surface area (Å²) in [6, 6.07) is 13.2. The van der Waals surface area contributed by atoms with Crippen LogP contribution in [0.4, 0.5) is 8.78 Å². The minimum Gasteiger partial charge on any atom is -0.301 e. The van der Waals surface area contributed by atoms with Gasteiger partial charge in [-0.15, -0.1) is 0 Å². The second-order valence-electron chi connectivity index (χ2n) is 5.92. The third-order valence-corrected chi connectivity index (χ3v) is 3.83. The van der Waals surface area contributed by atoms with E-state index in [-0.39, 0.29) is 23.7 Å². The Hall–Kier alpha value is -1.78. The quantitative estimate of drug-likeness (QED) is 0.827. The Balaban J connectivity index is 2.46. The number of rotatable bonds is 5. The van der Waals surface area contributed by atoms with Gasteiger partial charge in [0.2, 0.25) is 0 Å². The summed E-state index contributed by atoms with van der Waals surface area (Å²) >= 11 is 0. The van der Waals surface area contributed by atoms with E-state index >= 15 is 0 Å². The van der Waals surface area contributed by atoms with Crippen molar-refractivity contribution in [3.8, 4) is 0 Å². The Morgan fingerprint density at radius 1 is 0.591 bits per heavy atom. The Morgan fingerprint density at radius 3 is 1.09 bits per heavy atom. The SMILES string of the molecule is CN(C)C(c1ccc(F)cc1)C(c1ccc(F)cc1)N(C)C. The molecule has 0 spiro atoms. The van der Waals surface area contributed by atoms with Crippen molar-refractivity contribution in [1.29, 1.82) is 0 Å². The summed E-state index contributed by atoms with van der Waals surface area (Å²) in [5, 5.41) is 0. The number of nitrogens with zero attached hydrogens (tertiary/aromatic N) is 2. The molecule has 0 N–H and O–H groups in total. The first-order chi connectivity index (χ1) is 10.4. The van der Waals surface area contributed by atoms with Crippen LogP contribution in [0.5, 0.6) is 0 Å². The molecule has 2 atom stereocenters. The molecule has 0 aliphatic heterocycles. The number of likely N-dealkylation sites (N-methyl/N-ethyl adjacent to an activating group) is 2. The zero-order valence-corrected chi connectivity index (χ0v) is 13.4. The van der Waals surface area contributed by atoms with E-state index < -0.39 is 0 Å². The lowest BCUT2D eigenvalue weighted by Gasteiger charge is -2.37. The van der Waals surface area contributed by atoms with E-state index in [1.807, 2.05) is 28.2 Å². The summed E-state index contributed by atoms with van der Waals surface area (Å²) in [5.41, 5.74) is 2.05. The van der Waals surface area contributed by atoms with E-state index in [0.29, 0.717) is 0 Å². The molecular weight excluding hydrogens is 282 g/mol. The topological polar surface area (TPSA) is 6.48 Å². The average Bonchev–Trinajstić information content (AvgIpc) is 2.46. The van der Waals surface area contributed by atoms with Gasteiger partial charge >= 0.3 is 0 Å². The molecule has 0 aliphatic rings. The molecule has 0 aliphatic carbocycles. The third-order valence-electron chi connectivity index (χ3n) is 3.83. The van der Waals surface area contributed by atoms with Crippen LogP contribution in [0.2, 0.25) is 0 Å². The zero-order valence-electron chi connectivity index (χ0n) is 13.4. The molecule has 22 heavy (non-hydrogen) atoms. The Labute approximate surface area is 131 Å². The molecule has 2 rings (SSSR count). The molecule has 0 heterocycles. The molecule has 2 aromatic carbocycles.